The molecule has 133 valence electrons. The molecule has 1 aliphatic rings. The maximum Gasteiger partial charge on any atom is 2.00 e. The molecule has 3 nitrogen and oxygen atoms in total. The van der Waals surface area contributed by atoms with Gasteiger partial charge in [0.15, 0.2) is 0 Å². The van der Waals surface area contributed by atoms with Gasteiger partial charge in [-0.1, -0.05) is 36.4 Å². The molecule has 0 aliphatic heterocycles. The van der Waals surface area contributed by atoms with Crippen LogP contribution in [0.5, 0.6) is 0 Å². The van der Waals surface area contributed by atoms with Gasteiger partial charge in [0, 0.05) is 6.10 Å². The van der Waals surface area contributed by atoms with Crippen LogP contribution in [0.1, 0.15) is 18.1 Å². The zero-order valence-corrected chi connectivity index (χ0v) is 14.2. The van der Waals surface area contributed by atoms with Gasteiger partial charge in [0.2, 0.25) is 0 Å². The van der Waals surface area contributed by atoms with Crippen molar-refractivity contribution in [1.82, 2.24) is 0 Å². The second-order valence-electron chi connectivity index (χ2n) is 4.04. The van der Waals surface area contributed by atoms with Gasteiger partial charge >= 0.3 is 46.9 Å². The maximum atomic E-state index is 12.1. The van der Waals surface area contributed by atoms with Gasteiger partial charge in [-0.3, -0.25) is 0 Å². The van der Waals surface area contributed by atoms with E-state index in [1.807, 2.05) is 32.1 Å². The Labute approximate surface area is 158 Å². The van der Waals surface area contributed by atoms with E-state index in [-0.39, 0.29) is 23.5 Å². The van der Waals surface area contributed by atoms with Gasteiger partial charge in [0.1, 0.15) is 0 Å². The molecular weight excluding hydrogens is 376 g/mol. The van der Waals surface area contributed by atoms with Crippen LogP contribution in [0.3, 0.4) is 0 Å². The van der Waals surface area contributed by atoms with Crippen molar-refractivity contribution >= 4 is 7.18 Å². The van der Waals surface area contributed by atoms with Crippen molar-refractivity contribution in [2.45, 2.75) is 12.5 Å². The Bertz CT molecular complexity index is 447. The molecule has 25 heavy (non-hydrogen) atoms. The van der Waals surface area contributed by atoms with Crippen LogP contribution in [-0.4, -0.2) is 7.18 Å². The van der Waals surface area contributed by atoms with E-state index in [2.05, 4.69) is 24.5 Å². The van der Waals surface area contributed by atoms with Crippen molar-refractivity contribution in [3.8, 4) is 0 Å². The number of halogens is 3. The molecule has 1 saturated carbocycles. The third kappa shape index (κ3) is 17.4. The molecule has 0 aromatic heterocycles. The number of hydrogen-bond donors (Lipinski definition) is 0. The SMILES string of the molecule is C=CCC(O[B-](F)(F)F)c1ccccc1.[C-]#[O+].[C-]#[O+].[CH]1[CH][CH][CH][CH]1.[Fe+2]. The van der Waals surface area contributed by atoms with Gasteiger partial charge in [-0.2, -0.15) is 0 Å². The topological polar surface area (TPSA) is 49.0 Å². The van der Waals surface area contributed by atoms with Gasteiger partial charge in [-0.15, -0.1) is 6.58 Å². The molecule has 1 fully saturated rings. The first-order valence-corrected chi connectivity index (χ1v) is 6.63. The summed E-state index contributed by atoms with van der Waals surface area (Å²) in [6.07, 6.45) is 10.6. The van der Waals surface area contributed by atoms with E-state index in [0.29, 0.717) is 5.56 Å². The first-order chi connectivity index (χ1) is 11.5. The summed E-state index contributed by atoms with van der Waals surface area (Å²) in [7, 11) is -5.24. The minimum atomic E-state index is -5.24. The second-order valence-corrected chi connectivity index (χ2v) is 4.04. The summed E-state index contributed by atoms with van der Waals surface area (Å²) < 4.78 is 55.4. The molecule has 0 saturated heterocycles. The van der Waals surface area contributed by atoms with Crippen molar-refractivity contribution < 1.29 is 44.0 Å². The standard InChI is InChI=1S/C10H11BF3O.C5H5.2CO.Fe/c1-2-6-10(15-11(12,13)14)9-7-4-3-5-8-9;1-2-4-5-3-1;2*1-2;/h2-5,7-8,10H,1,6H2;1-5H;;;/q-1;;;;+2. The minimum absolute atomic E-state index is 0. The normalized spacial score (nSPS) is 13.1. The molecule has 1 atom stereocenters. The molecule has 0 N–H and O–H groups in total. The van der Waals surface area contributed by atoms with E-state index in [0.717, 1.165) is 0 Å². The summed E-state index contributed by atoms with van der Waals surface area (Å²) in [4.78, 5) is 0. The van der Waals surface area contributed by atoms with Crippen LogP contribution >= 0.6 is 0 Å². The molecular formula is C17H16BF3FeO3+. The first kappa shape index (κ1) is 28.6. The summed E-state index contributed by atoms with van der Waals surface area (Å²) in [5.74, 6) is 0. The molecule has 0 bridgehead atoms. The number of rotatable bonds is 5. The summed E-state index contributed by atoms with van der Waals surface area (Å²) >= 11 is 0. The zero-order valence-electron chi connectivity index (χ0n) is 13.1. The summed E-state index contributed by atoms with van der Waals surface area (Å²) in [6, 6.07) is 8.31. The van der Waals surface area contributed by atoms with Crippen LogP contribution in [0, 0.1) is 45.4 Å². The van der Waals surface area contributed by atoms with Crippen molar-refractivity contribution in [2.24, 2.45) is 0 Å². The molecule has 1 aliphatic carbocycles. The average molecular weight is 392 g/mol. The Morgan fingerprint density at radius 3 is 1.68 bits per heavy atom. The Morgan fingerprint density at radius 1 is 0.960 bits per heavy atom. The van der Waals surface area contributed by atoms with E-state index in [1.165, 1.54) is 6.08 Å². The van der Waals surface area contributed by atoms with Crippen LogP contribution < -0.4 is 0 Å². The molecule has 1 unspecified atom stereocenters. The van der Waals surface area contributed by atoms with E-state index in [4.69, 9.17) is 9.30 Å². The largest absolute Gasteiger partial charge is 2.00 e. The molecule has 8 heteroatoms. The van der Waals surface area contributed by atoms with Crippen molar-refractivity contribution in [3.05, 3.63) is 94.0 Å². The van der Waals surface area contributed by atoms with Crippen LogP contribution in [-0.2, 0) is 31.0 Å². The van der Waals surface area contributed by atoms with E-state index in [9.17, 15) is 12.9 Å². The second kappa shape index (κ2) is 19.1. The van der Waals surface area contributed by atoms with Crippen molar-refractivity contribution in [2.75, 3.05) is 0 Å². The van der Waals surface area contributed by atoms with Crippen LogP contribution in [0.25, 0.3) is 0 Å². The predicted octanol–water partition coefficient (Wildman–Crippen LogP) is 4.61. The Kier molecular flexibility index (Phi) is 21.8. The smallest absolute Gasteiger partial charge is 0.0312 e. The van der Waals surface area contributed by atoms with Gasteiger partial charge in [0.05, 0.1) is 0 Å². The van der Waals surface area contributed by atoms with Crippen LogP contribution in [0.15, 0.2) is 43.0 Å². The predicted molar refractivity (Wildman–Crippen MR) is 83.5 cm³/mol. The fourth-order valence-corrected chi connectivity index (χ4v) is 1.60. The van der Waals surface area contributed by atoms with Crippen LogP contribution in [0.4, 0.5) is 12.9 Å². The Morgan fingerprint density at radius 2 is 1.36 bits per heavy atom. The summed E-state index contributed by atoms with van der Waals surface area (Å²) in [6.45, 7) is 12.4. The van der Waals surface area contributed by atoms with E-state index in [1.54, 1.807) is 30.3 Å². The molecule has 0 amide bonds. The third-order valence-corrected chi connectivity index (χ3v) is 2.43. The van der Waals surface area contributed by atoms with Crippen LogP contribution in [0.2, 0.25) is 0 Å². The zero-order chi connectivity index (χ0) is 18.8. The van der Waals surface area contributed by atoms with Crippen molar-refractivity contribution in [1.29, 1.82) is 0 Å². The summed E-state index contributed by atoms with van der Waals surface area (Å²) in [5.41, 5.74) is 0.511. The maximum absolute atomic E-state index is 12.1. The molecule has 5 radical (unpaired) electrons. The molecule has 2 rings (SSSR count). The fraction of sp³-hybridized carbons (Fsp3) is 0.118. The number of hydrogen-bond acceptors (Lipinski definition) is 1. The number of benzene rings is 1. The molecule has 1 aromatic rings. The van der Waals surface area contributed by atoms with E-state index < -0.39 is 13.3 Å². The van der Waals surface area contributed by atoms with E-state index >= 15 is 0 Å². The van der Waals surface area contributed by atoms with Gasteiger partial charge < -0.3 is 17.6 Å². The average Bonchev–Trinajstić information content (AvgIpc) is 3.18. The van der Waals surface area contributed by atoms with Gasteiger partial charge in [-0.05, 0) is 44.1 Å². The minimum Gasteiger partial charge on any atom is -0.0312 e. The molecule has 1 aromatic carbocycles. The fourth-order valence-electron chi connectivity index (χ4n) is 1.60. The quantitative estimate of drug-likeness (QED) is 0.313. The Balaban J connectivity index is -0.000000404. The monoisotopic (exact) mass is 392 g/mol. The molecule has 0 heterocycles. The van der Waals surface area contributed by atoms with Gasteiger partial charge in [0.25, 0.3) is 0 Å². The third-order valence-electron chi connectivity index (χ3n) is 2.43. The molecule has 0 spiro atoms. The summed E-state index contributed by atoms with van der Waals surface area (Å²) in [5, 5.41) is 0. The Hall–Kier alpha value is -1.23. The van der Waals surface area contributed by atoms with Crippen molar-refractivity contribution in [3.63, 3.8) is 0 Å². The first-order valence-electron chi connectivity index (χ1n) is 6.63. The van der Waals surface area contributed by atoms with Gasteiger partial charge in [-0.25, -0.2) is 0 Å².